The molecule has 1 N–H and O–H groups in total. The summed E-state index contributed by atoms with van der Waals surface area (Å²) >= 11 is 0. The highest BCUT2D eigenvalue weighted by Crippen LogP contribution is 2.52. The molecule has 1 saturated heterocycles. The van der Waals surface area contributed by atoms with E-state index in [0.717, 1.165) is 29.7 Å². The number of phenolic OH excluding ortho intramolecular Hbond substituents is 1. The van der Waals surface area contributed by atoms with Gasteiger partial charge in [-0.1, -0.05) is 63.6 Å². The largest absolute Gasteiger partial charge is 0.508 e. The number of hydrogen-bond acceptors (Lipinski definition) is 2. The topological polar surface area (TPSA) is 29.5 Å². The van der Waals surface area contributed by atoms with E-state index in [1.54, 1.807) is 18.2 Å². The predicted molar refractivity (Wildman–Crippen MR) is 87.0 cm³/mol. The van der Waals surface area contributed by atoms with Gasteiger partial charge >= 0.3 is 0 Å². The highest BCUT2D eigenvalue weighted by molar-refractivity contribution is 5.50. The van der Waals surface area contributed by atoms with Crippen molar-refractivity contribution in [3.05, 3.63) is 66.5 Å². The number of benzene rings is 1. The van der Waals surface area contributed by atoms with Gasteiger partial charge in [0.2, 0.25) is 0 Å². The Labute approximate surface area is 127 Å². The Kier molecular flexibility index (Phi) is 4.89. The fraction of sp³-hybridized carbons (Fsp3) is 0.368. The molecule has 0 bridgehead atoms. The number of aromatic hydroxyl groups is 1. The predicted octanol–water partition coefficient (Wildman–Crippen LogP) is 5.21. The first-order valence-corrected chi connectivity index (χ1v) is 7.65. The van der Waals surface area contributed by atoms with Crippen molar-refractivity contribution in [2.75, 3.05) is 0 Å². The zero-order chi connectivity index (χ0) is 15.3. The van der Waals surface area contributed by atoms with E-state index in [1.165, 1.54) is 19.3 Å². The van der Waals surface area contributed by atoms with Gasteiger partial charge in [0.25, 0.3) is 0 Å². The summed E-state index contributed by atoms with van der Waals surface area (Å²) in [6, 6.07) is 7.27. The Balaban J connectivity index is 2.26. The van der Waals surface area contributed by atoms with Crippen molar-refractivity contribution < 1.29 is 9.84 Å². The van der Waals surface area contributed by atoms with E-state index in [4.69, 9.17) is 4.74 Å². The summed E-state index contributed by atoms with van der Waals surface area (Å²) < 4.78 is 6.01. The van der Waals surface area contributed by atoms with Gasteiger partial charge in [-0.2, -0.15) is 0 Å². The first-order valence-electron chi connectivity index (χ1n) is 7.65. The minimum Gasteiger partial charge on any atom is -0.508 e. The minimum absolute atomic E-state index is 0.271. The number of allylic oxidation sites excluding steroid dienone is 2. The fourth-order valence-corrected chi connectivity index (χ4v) is 2.92. The summed E-state index contributed by atoms with van der Waals surface area (Å²) in [5.74, 6) is 0.991. The summed E-state index contributed by atoms with van der Waals surface area (Å²) in [5.41, 5.74) is 1.74. The molecule has 0 aromatic heterocycles. The van der Waals surface area contributed by atoms with Gasteiger partial charge in [0, 0.05) is 11.1 Å². The monoisotopic (exact) mass is 284 g/mol. The zero-order valence-corrected chi connectivity index (χ0v) is 12.8. The average molecular weight is 284 g/mol. The van der Waals surface area contributed by atoms with Gasteiger partial charge in [-0.25, -0.2) is 0 Å². The molecule has 1 fully saturated rings. The highest BCUT2D eigenvalue weighted by atomic mass is 16.5. The maximum absolute atomic E-state index is 9.49. The molecule has 1 aliphatic heterocycles. The van der Waals surface area contributed by atoms with Crippen LogP contribution >= 0.6 is 0 Å². The molecule has 1 unspecified atom stereocenters. The van der Waals surface area contributed by atoms with E-state index in [0.29, 0.717) is 0 Å². The molecule has 0 aliphatic carbocycles. The van der Waals surface area contributed by atoms with Gasteiger partial charge in [-0.05, 0) is 25.0 Å². The van der Waals surface area contributed by atoms with Crippen LogP contribution in [0, 0.1) is 0 Å². The third kappa shape index (κ3) is 3.05. The lowest BCUT2D eigenvalue weighted by Gasteiger charge is -2.47. The molecule has 1 heterocycles. The van der Waals surface area contributed by atoms with Crippen molar-refractivity contribution in [2.24, 2.45) is 0 Å². The number of rotatable bonds is 7. The van der Waals surface area contributed by atoms with Crippen LogP contribution < -0.4 is 0 Å². The molecule has 1 aromatic rings. The summed E-state index contributed by atoms with van der Waals surface area (Å²) in [6.45, 7) is 9.95. The molecule has 112 valence electrons. The second-order valence-electron chi connectivity index (χ2n) is 5.53. The molecule has 0 radical (unpaired) electrons. The third-order valence-electron chi connectivity index (χ3n) is 4.03. The third-order valence-corrected chi connectivity index (χ3v) is 4.03. The molecule has 1 atom stereocenters. The summed E-state index contributed by atoms with van der Waals surface area (Å²) in [6.07, 6.45) is 9.46. The minimum atomic E-state index is -0.424. The Bertz CT molecular complexity index is 539. The lowest BCUT2D eigenvalue weighted by Crippen LogP contribution is -2.42. The molecule has 0 spiro atoms. The van der Waals surface area contributed by atoms with E-state index >= 15 is 0 Å². The highest BCUT2D eigenvalue weighted by Gasteiger charge is 2.48. The van der Waals surface area contributed by atoms with E-state index in [2.05, 4.69) is 20.1 Å². The van der Waals surface area contributed by atoms with E-state index in [9.17, 15) is 5.11 Å². The van der Waals surface area contributed by atoms with E-state index < -0.39 is 5.60 Å². The van der Waals surface area contributed by atoms with Crippen molar-refractivity contribution in [1.82, 2.24) is 0 Å². The molecule has 2 rings (SSSR count). The van der Waals surface area contributed by atoms with Crippen molar-refractivity contribution in [3.63, 3.8) is 0 Å². The number of unbranched alkanes of at least 4 members (excludes halogenated alkanes) is 3. The molecule has 1 aromatic carbocycles. The molecule has 0 saturated carbocycles. The molecule has 0 amide bonds. The number of hydrogen-bond donors (Lipinski definition) is 1. The lowest BCUT2D eigenvalue weighted by molar-refractivity contribution is -0.0390. The van der Waals surface area contributed by atoms with Gasteiger partial charge in [-0.3, -0.25) is 0 Å². The average Bonchev–Trinajstić information content (AvgIpc) is 2.48. The second kappa shape index (κ2) is 6.66. The molecular formula is C19H24O2. The van der Waals surface area contributed by atoms with Crippen molar-refractivity contribution in [2.45, 2.75) is 44.6 Å². The Morgan fingerprint density at radius 2 is 1.90 bits per heavy atom. The molecular weight excluding hydrogens is 260 g/mol. The van der Waals surface area contributed by atoms with Crippen LogP contribution in [0.5, 0.6) is 5.75 Å². The van der Waals surface area contributed by atoms with Crippen molar-refractivity contribution >= 4 is 0 Å². The van der Waals surface area contributed by atoms with Crippen molar-refractivity contribution in [1.29, 1.82) is 0 Å². The molecule has 1 aliphatic rings. The summed E-state index contributed by atoms with van der Waals surface area (Å²) in [5, 5.41) is 9.49. The normalized spacial score (nSPS) is 22.7. The van der Waals surface area contributed by atoms with Gasteiger partial charge in [0.1, 0.15) is 11.5 Å². The van der Waals surface area contributed by atoms with Crippen LogP contribution in [0.1, 0.15) is 44.6 Å². The quantitative estimate of drug-likeness (QED) is 0.696. The van der Waals surface area contributed by atoms with Crippen LogP contribution in [-0.4, -0.2) is 5.11 Å². The standard InChI is InChI=1S/C19H24O2/c1-4-6-7-8-14-19(16-10-12-17(20)13-11-16)18(9-5-2)15(3)21-19/h5,9-13,20H,2-4,6-8,14H2,1H3/b18-9+. The van der Waals surface area contributed by atoms with Crippen molar-refractivity contribution in [3.8, 4) is 5.75 Å². The van der Waals surface area contributed by atoms with Crippen LogP contribution in [-0.2, 0) is 10.3 Å². The smallest absolute Gasteiger partial charge is 0.163 e. The van der Waals surface area contributed by atoms with Gasteiger partial charge in [0.15, 0.2) is 5.60 Å². The van der Waals surface area contributed by atoms with Crippen LogP contribution in [0.25, 0.3) is 0 Å². The molecule has 21 heavy (non-hydrogen) atoms. The van der Waals surface area contributed by atoms with E-state index in [1.807, 2.05) is 18.2 Å². The zero-order valence-electron chi connectivity index (χ0n) is 12.8. The first kappa shape index (κ1) is 15.4. The fourth-order valence-electron chi connectivity index (χ4n) is 2.92. The summed E-state index contributed by atoms with van der Waals surface area (Å²) in [4.78, 5) is 0. The molecule has 2 heteroatoms. The SMILES string of the molecule is C=C/C=C1\C(=C)OC1(CCCCCC)c1ccc(O)cc1. The number of ether oxygens (including phenoxy) is 1. The Morgan fingerprint density at radius 1 is 1.19 bits per heavy atom. The Morgan fingerprint density at radius 3 is 2.48 bits per heavy atom. The van der Waals surface area contributed by atoms with Crippen LogP contribution in [0.3, 0.4) is 0 Å². The maximum Gasteiger partial charge on any atom is 0.163 e. The van der Waals surface area contributed by atoms with Gasteiger partial charge < -0.3 is 9.84 Å². The van der Waals surface area contributed by atoms with Crippen LogP contribution in [0.4, 0.5) is 0 Å². The van der Waals surface area contributed by atoms with Crippen LogP contribution in [0.2, 0.25) is 0 Å². The summed E-state index contributed by atoms with van der Waals surface area (Å²) in [7, 11) is 0. The van der Waals surface area contributed by atoms with E-state index in [-0.39, 0.29) is 5.75 Å². The lowest BCUT2D eigenvalue weighted by atomic mass is 9.76. The number of phenols is 1. The van der Waals surface area contributed by atoms with Gasteiger partial charge in [-0.15, -0.1) is 0 Å². The second-order valence-corrected chi connectivity index (χ2v) is 5.53. The molecule has 2 nitrogen and oxygen atoms in total. The van der Waals surface area contributed by atoms with Gasteiger partial charge in [0.05, 0.1) is 0 Å². The van der Waals surface area contributed by atoms with Crippen LogP contribution in [0.15, 0.2) is 60.9 Å². The first-order chi connectivity index (χ1) is 10.1. The maximum atomic E-state index is 9.49. The Hall–Kier alpha value is -1.96.